The normalized spacial score (nSPS) is 12.5. The first-order valence-electron chi connectivity index (χ1n) is 5.98. The zero-order valence-corrected chi connectivity index (χ0v) is 10.7. The SMILES string of the molecule is O=C(O)c1ccc2c(n1)-c1nc(C(=O)O)ccc1C(=O)C2=O. The molecule has 2 heterocycles. The fraction of sp³-hybridized carbons (Fsp3) is 0. The molecule has 0 bridgehead atoms. The molecule has 0 atom stereocenters. The van der Waals surface area contributed by atoms with Crippen LogP contribution in [0.25, 0.3) is 11.4 Å². The first kappa shape index (κ1) is 13.6. The Labute approximate surface area is 122 Å². The van der Waals surface area contributed by atoms with Gasteiger partial charge in [-0.3, -0.25) is 9.59 Å². The molecule has 0 saturated carbocycles. The lowest BCUT2D eigenvalue weighted by molar-refractivity contribution is 0.0679. The number of carboxylic acids is 2. The van der Waals surface area contributed by atoms with Gasteiger partial charge in [-0.15, -0.1) is 0 Å². The predicted octanol–water partition coefficient (Wildman–Crippen LogP) is 0.919. The van der Waals surface area contributed by atoms with Gasteiger partial charge in [-0.25, -0.2) is 19.6 Å². The van der Waals surface area contributed by atoms with Crippen LogP contribution in [0.1, 0.15) is 41.7 Å². The van der Waals surface area contributed by atoms with Crippen LogP contribution in [0.2, 0.25) is 0 Å². The van der Waals surface area contributed by atoms with Crippen LogP contribution in [-0.4, -0.2) is 43.7 Å². The molecular formula is C14H6N2O6. The minimum absolute atomic E-state index is 0.0995. The molecule has 0 spiro atoms. The molecule has 8 nitrogen and oxygen atoms in total. The first-order chi connectivity index (χ1) is 10.4. The second-order valence-electron chi connectivity index (χ2n) is 4.45. The van der Waals surface area contributed by atoms with Crippen LogP contribution >= 0.6 is 0 Å². The summed E-state index contributed by atoms with van der Waals surface area (Å²) in [6.07, 6.45) is 0. The number of ketones is 2. The van der Waals surface area contributed by atoms with E-state index in [1.165, 1.54) is 12.1 Å². The highest BCUT2D eigenvalue weighted by molar-refractivity contribution is 6.52. The average Bonchev–Trinajstić information content (AvgIpc) is 2.51. The zero-order valence-electron chi connectivity index (χ0n) is 10.7. The summed E-state index contributed by atoms with van der Waals surface area (Å²) >= 11 is 0. The van der Waals surface area contributed by atoms with E-state index in [1.807, 2.05) is 0 Å². The smallest absolute Gasteiger partial charge is 0.354 e. The number of pyridine rings is 2. The van der Waals surface area contributed by atoms with Crippen molar-refractivity contribution in [3.8, 4) is 11.4 Å². The van der Waals surface area contributed by atoms with Crippen molar-refractivity contribution in [2.24, 2.45) is 0 Å². The molecule has 22 heavy (non-hydrogen) atoms. The third-order valence-electron chi connectivity index (χ3n) is 3.15. The van der Waals surface area contributed by atoms with Crippen molar-refractivity contribution >= 4 is 23.5 Å². The molecule has 8 heteroatoms. The highest BCUT2D eigenvalue weighted by atomic mass is 16.4. The van der Waals surface area contributed by atoms with Gasteiger partial charge in [0.05, 0.1) is 11.1 Å². The van der Waals surface area contributed by atoms with Crippen molar-refractivity contribution in [1.29, 1.82) is 0 Å². The Balaban J connectivity index is 2.34. The number of Topliss-reactive ketones (excluding diaryl/α,β-unsaturated/α-hetero) is 2. The molecular weight excluding hydrogens is 292 g/mol. The lowest BCUT2D eigenvalue weighted by Crippen LogP contribution is -2.24. The molecule has 1 aliphatic carbocycles. The van der Waals surface area contributed by atoms with E-state index in [9.17, 15) is 19.2 Å². The third-order valence-corrected chi connectivity index (χ3v) is 3.15. The van der Waals surface area contributed by atoms with E-state index >= 15 is 0 Å². The van der Waals surface area contributed by atoms with Gasteiger partial charge >= 0.3 is 11.9 Å². The van der Waals surface area contributed by atoms with E-state index in [0.29, 0.717) is 0 Å². The van der Waals surface area contributed by atoms with Crippen LogP contribution in [0.4, 0.5) is 0 Å². The topological polar surface area (TPSA) is 135 Å². The first-order valence-corrected chi connectivity index (χ1v) is 5.98. The Morgan fingerprint density at radius 3 is 1.41 bits per heavy atom. The van der Waals surface area contributed by atoms with Gasteiger partial charge in [0, 0.05) is 0 Å². The Morgan fingerprint density at radius 2 is 1.09 bits per heavy atom. The number of hydrogen-bond donors (Lipinski definition) is 2. The summed E-state index contributed by atoms with van der Waals surface area (Å²) in [5, 5.41) is 17.9. The second-order valence-corrected chi connectivity index (χ2v) is 4.45. The largest absolute Gasteiger partial charge is 0.477 e. The van der Waals surface area contributed by atoms with Crippen molar-refractivity contribution in [3.63, 3.8) is 0 Å². The molecule has 0 radical (unpaired) electrons. The zero-order chi connectivity index (χ0) is 16.0. The standard InChI is InChI=1S/C14H6N2O6/c17-11-5-1-3-7(13(19)20)15-9(5)10-6(12(11)18)2-4-8(16-10)14(21)22/h1-4H,(H,19,20)(H,21,22). The van der Waals surface area contributed by atoms with Crippen LogP contribution < -0.4 is 0 Å². The molecule has 0 aromatic carbocycles. The number of aromatic nitrogens is 2. The average molecular weight is 298 g/mol. The Morgan fingerprint density at radius 1 is 0.727 bits per heavy atom. The van der Waals surface area contributed by atoms with E-state index in [2.05, 4.69) is 9.97 Å². The number of carbonyl (C=O) groups excluding carboxylic acids is 2. The summed E-state index contributed by atoms with van der Waals surface area (Å²) < 4.78 is 0. The minimum Gasteiger partial charge on any atom is -0.477 e. The monoisotopic (exact) mass is 298 g/mol. The summed E-state index contributed by atoms with van der Waals surface area (Å²) in [7, 11) is 0. The fourth-order valence-corrected chi connectivity index (χ4v) is 2.13. The van der Waals surface area contributed by atoms with Crippen LogP contribution in [-0.2, 0) is 0 Å². The summed E-state index contributed by atoms with van der Waals surface area (Å²) in [6.45, 7) is 0. The minimum atomic E-state index is -1.32. The molecule has 108 valence electrons. The number of carbonyl (C=O) groups is 4. The highest BCUT2D eigenvalue weighted by Gasteiger charge is 2.33. The Bertz CT molecular complexity index is 813. The van der Waals surface area contributed by atoms with E-state index in [4.69, 9.17) is 10.2 Å². The lowest BCUT2D eigenvalue weighted by atomic mass is 9.90. The number of carboxylic acid groups (broad SMARTS) is 2. The highest BCUT2D eigenvalue weighted by Crippen LogP contribution is 2.31. The Hall–Kier alpha value is -3.42. The van der Waals surface area contributed by atoms with Gasteiger partial charge in [0.1, 0.15) is 22.8 Å². The maximum Gasteiger partial charge on any atom is 0.354 e. The van der Waals surface area contributed by atoms with Crippen molar-refractivity contribution in [3.05, 3.63) is 46.8 Å². The predicted molar refractivity (Wildman–Crippen MR) is 70.0 cm³/mol. The second kappa shape index (κ2) is 4.55. The van der Waals surface area contributed by atoms with E-state index < -0.39 is 23.5 Å². The van der Waals surface area contributed by atoms with Crippen molar-refractivity contribution in [2.45, 2.75) is 0 Å². The molecule has 1 aliphatic rings. The number of aromatic carboxylic acids is 2. The summed E-state index contributed by atoms with van der Waals surface area (Å²) in [4.78, 5) is 53.6. The van der Waals surface area contributed by atoms with Gasteiger partial charge in [-0.2, -0.15) is 0 Å². The number of fused-ring (bicyclic) bond motifs is 3. The van der Waals surface area contributed by atoms with Crippen LogP contribution in [0, 0.1) is 0 Å². The third kappa shape index (κ3) is 1.85. The quantitative estimate of drug-likeness (QED) is 0.781. The van der Waals surface area contributed by atoms with Gasteiger partial charge in [0.2, 0.25) is 11.6 Å². The lowest BCUT2D eigenvalue weighted by Gasteiger charge is -2.16. The molecule has 0 aliphatic heterocycles. The molecule has 0 fully saturated rings. The van der Waals surface area contributed by atoms with Gasteiger partial charge in [0.15, 0.2) is 0 Å². The van der Waals surface area contributed by atoms with Gasteiger partial charge in [0.25, 0.3) is 0 Å². The summed E-state index contributed by atoms with van der Waals surface area (Å²) in [6, 6.07) is 4.53. The summed E-state index contributed by atoms with van der Waals surface area (Å²) in [5.41, 5.74) is -1.09. The molecule has 0 amide bonds. The Kier molecular flexibility index (Phi) is 2.81. The number of nitrogens with zero attached hydrogens (tertiary/aromatic N) is 2. The summed E-state index contributed by atoms with van der Waals surface area (Å²) in [5.74, 6) is -4.31. The van der Waals surface area contributed by atoms with Gasteiger partial charge in [-0.1, -0.05) is 0 Å². The molecule has 2 aromatic rings. The van der Waals surface area contributed by atoms with Crippen LogP contribution in [0.15, 0.2) is 24.3 Å². The molecule has 2 N–H and O–H groups in total. The van der Waals surface area contributed by atoms with E-state index in [-0.39, 0.29) is 33.9 Å². The molecule has 0 saturated heterocycles. The maximum absolute atomic E-state index is 12.0. The molecule has 0 unspecified atom stereocenters. The van der Waals surface area contributed by atoms with E-state index in [1.54, 1.807) is 0 Å². The maximum atomic E-state index is 12.0. The van der Waals surface area contributed by atoms with Gasteiger partial charge < -0.3 is 10.2 Å². The van der Waals surface area contributed by atoms with E-state index in [0.717, 1.165) is 12.1 Å². The van der Waals surface area contributed by atoms with Crippen molar-refractivity contribution in [2.75, 3.05) is 0 Å². The van der Waals surface area contributed by atoms with Crippen molar-refractivity contribution < 1.29 is 29.4 Å². The van der Waals surface area contributed by atoms with Gasteiger partial charge in [-0.05, 0) is 24.3 Å². The van der Waals surface area contributed by atoms with Crippen LogP contribution in [0.3, 0.4) is 0 Å². The number of rotatable bonds is 2. The van der Waals surface area contributed by atoms with Crippen LogP contribution in [0.5, 0.6) is 0 Å². The van der Waals surface area contributed by atoms with Crippen molar-refractivity contribution in [1.82, 2.24) is 9.97 Å². The number of hydrogen-bond acceptors (Lipinski definition) is 6. The fourth-order valence-electron chi connectivity index (χ4n) is 2.13. The molecule has 3 rings (SSSR count). The molecule has 2 aromatic heterocycles.